The van der Waals surface area contributed by atoms with Gasteiger partial charge in [-0.2, -0.15) is 13.5 Å². The van der Waals surface area contributed by atoms with Crippen LogP contribution in [0.15, 0.2) is 74.2 Å². The van der Waals surface area contributed by atoms with Crippen LogP contribution in [0.2, 0.25) is 0 Å². The minimum atomic E-state index is -4.42. The van der Waals surface area contributed by atoms with Crippen molar-refractivity contribution < 1.29 is 13.0 Å². The van der Waals surface area contributed by atoms with E-state index in [2.05, 4.69) is 26.2 Å². The second-order valence-electron chi connectivity index (χ2n) is 5.01. The molecule has 6 nitrogen and oxygen atoms in total. The standard InChI is InChI=1S/C16H12BrN3O3S.Na.H/c17-10-4-3-5-11(8-10)19-20-14-9-15(24(21,22)23)12-6-1-2-7-13(12)16(14)18;;/h1-9H,18H2,(H,21,22,23);;. The van der Waals surface area contributed by atoms with Crippen LogP contribution in [0.5, 0.6) is 0 Å². The van der Waals surface area contributed by atoms with Gasteiger partial charge in [0.15, 0.2) is 0 Å². The Morgan fingerprint density at radius 3 is 2.28 bits per heavy atom. The molecule has 0 unspecified atom stereocenters. The Morgan fingerprint density at radius 2 is 1.64 bits per heavy atom. The summed E-state index contributed by atoms with van der Waals surface area (Å²) in [5, 5.41) is 8.93. The van der Waals surface area contributed by atoms with Gasteiger partial charge in [0, 0.05) is 15.2 Å². The van der Waals surface area contributed by atoms with Crippen molar-refractivity contribution >= 4 is 83.4 Å². The number of hydrogen-bond donors (Lipinski definition) is 2. The Balaban J connectivity index is 0.00000225. The number of fused-ring (bicyclic) bond motifs is 1. The predicted molar refractivity (Wildman–Crippen MR) is 104 cm³/mol. The van der Waals surface area contributed by atoms with Crippen LogP contribution in [0.4, 0.5) is 17.1 Å². The van der Waals surface area contributed by atoms with Gasteiger partial charge in [0.1, 0.15) is 10.6 Å². The topological polar surface area (TPSA) is 105 Å². The van der Waals surface area contributed by atoms with Crippen LogP contribution in [0.1, 0.15) is 0 Å². The SMILES string of the molecule is Nc1c(N=Nc2cccc(Br)c2)cc(S(=O)(=O)O)c2ccccc12.[NaH]. The maximum absolute atomic E-state index is 11.7. The quantitative estimate of drug-likeness (QED) is 0.281. The number of halogens is 1. The van der Waals surface area contributed by atoms with E-state index in [0.717, 1.165) is 4.47 Å². The molecule has 0 aliphatic rings. The van der Waals surface area contributed by atoms with Crippen LogP contribution in [0.25, 0.3) is 10.8 Å². The molecule has 0 aliphatic carbocycles. The second-order valence-corrected chi connectivity index (χ2v) is 7.31. The Bertz CT molecular complexity index is 1070. The van der Waals surface area contributed by atoms with Crippen molar-refractivity contribution in [3.63, 3.8) is 0 Å². The van der Waals surface area contributed by atoms with Crippen LogP contribution in [0, 0.1) is 0 Å². The average molecular weight is 430 g/mol. The number of nitrogen functional groups attached to an aromatic ring is 1. The normalized spacial score (nSPS) is 11.6. The molecule has 0 aliphatic heterocycles. The first-order chi connectivity index (χ1) is 11.4. The summed E-state index contributed by atoms with van der Waals surface area (Å²) in [6.45, 7) is 0. The molecule has 3 rings (SSSR count). The van der Waals surface area contributed by atoms with Crippen molar-refractivity contribution in [2.45, 2.75) is 4.90 Å². The number of benzene rings is 3. The summed E-state index contributed by atoms with van der Waals surface area (Å²) < 4.78 is 33.6. The average Bonchev–Trinajstić information content (AvgIpc) is 2.53. The first kappa shape index (κ1) is 20.0. The Labute approximate surface area is 175 Å². The molecule has 3 aromatic rings. The molecular weight excluding hydrogens is 417 g/mol. The predicted octanol–water partition coefficient (Wildman–Crippen LogP) is 4.20. The molecule has 9 heteroatoms. The molecule has 0 radical (unpaired) electrons. The van der Waals surface area contributed by atoms with E-state index in [0.29, 0.717) is 16.5 Å². The molecule has 0 aromatic heterocycles. The third kappa shape index (κ3) is 4.46. The first-order valence-electron chi connectivity index (χ1n) is 6.82. The Kier molecular flexibility index (Phi) is 6.36. The van der Waals surface area contributed by atoms with Crippen molar-refractivity contribution in [3.05, 3.63) is 59.1 Å². The fraction of sp³-hybridized carbons (Fsp3) is 0. The molecule has 0 spiro atoms. The zero-order chi connectivity index (χ0) is 17.3. The molecule has 3 aromatic carbocycles. The Morgan fingerprint density at radius 1 is 0.960 bits per heavy atom. The second kappa shape index (κ2) is 7.94. The van der Waals surface area contributed by atoms with Gasteiger partial charge in [-0.3, -0.25) is 4.55 Å². The van der Waals surface area contributed by atoms with E-state index < -0.39 is 10.1 Å². The molecule has 124 valence electrons. The van der Waals surface area contributed by atoms with Gasteiger partial charge in [0.25, 0.3) is 10.1 Å². The van der Waals surface area contributed by atoms with Gasteiger partial charge in [-0.1, -0.05) is 46.3 Å². The number of azo groups is 1. The zero-order valence-electron chi connectivity index (χ0n) is 12.2. The van der Waals surface area contributed by atoms with Crippen molar-refractivity contribution in [2.75, 3.05) is 5.73 Å². The first-order valence-corrected chi connectivity index (χ1v) is 9.05. The van der Waals surface area contributed by atoms with Crippen LogP contribution in [0.3, 0.4) is 0 Å². The summed E-state index contributed by atoms with van der Waals surface area (Å²) in [5.41, 5.74) is 7.12. The summed E-state index contributed by atoms with van der Waals surface area (Å²) in [6.07, 6.45) is 0. The number of nitrogens with two attached hydrogens (primary N) is 1. The Hall–Kier alpha value is -1.29. The van der Waals surface area contributed by atoms with Crippen LogP contribution >= 0.6 is 15.9 Å². The van der Waals surface area contributed by atoms with Crippen molar-refractivity contribution in [2.24, 2.45) is 10.2 Å². The van der Waals surface area contributed by atoms with E-state index in [4.69, 9.17) is 5.73 Å². The number of nitrogens with zero attached hydrogens (tertiary/aromatic N) is 2. The molecule has 0 heterocycles. The maximum atomic E-state index is 11.7. The van der Waals surface area contributed by atoms with Crippen molar-refractivity contribution in [3.8, 4) is 0 Å². The summed E-state index contributed by atoms with van der Waals surface area (Å²) in [5.74, 6) is 0. The van der Waals surface area contributed by atoms with Gasteiger partial charge in [-0.05, 0) is 24.3 Å². The fourth-order valence-electron chi connectivity index (χ4n) is 2.30. The summed E-state index contributed by atoms with van der Waals surface area (Å²) in [4.78, 5) is -0.254. The van der Waals surface area contributed by atoms with Crippen LogP contribution < -0.4 is 5.73 Å². The summed E-state index contributed by atoms with van der Waals surface area (Å²) >= 11 is 3.33. The van der Waals surface area contributed by atoms with Crippen LogP contribution in [-0.2, 0) is 10.1 Å². The van der Waals surface area contributed by atoms with E-state index in [-0.39, 0.29) is 45.8 Å². The molecule has 0 amide bonds. The van der Waals surface area contributed by atoms with Gasteiger partial charge in [0.05, 0.1) is 11.4 Å². The number of rotatable bonds is 3. The van der Waals surface area contributed by atoms with E-state index in [1.165, 1.54) is 6.07 Å². The molecule has 3 N–H and O–H groups in total. The molecule has 0 atom stereocenters. The molecule has 0 saturated heterocycles. The third-order valence-corrected chi connectivity index (χ3v) is 4.77. The number of anilines is 1. The molecule has 0 fully saturated rings. The minimum absolute atomic E-state index is 0. The number of hydrogen-bond acceptors (Lipinski definition) is 5. The van der Waals surface area contributed by atoms with Gasteiger partial charge >= 0.3 is 29.6 Å². The van der Waals surface area contributed by atoms with E-state index >= 15 is 0 Å². The third-order valence-electron chi connectivity index (χ3n) is 3.39. The van der Waals surface area contributed by atoms with Crippen molar-refractivity contribution in [1.82, 2.24) is 0 Å². The van der Waals surface area contributed by atoms with Gasteiger partial charge in [-0.25, -0.2) is 0 Å². The van der Waals surface area contributed by atoms with E-state index in [1.54, 1.807) is 42.5 Å². The monoisotopic (exact) mass is 429 g/mol. The molecule has 0 saturated carbocycles. The van der Waals surface area contributed by atoms with Crippen LogP contribution in [-0.4, -0.2) is 42.5 Å². The van der Waals surface area contributed by atoms with E-state index in [1.807, 2.05) is 6.07 Å². The molecule has 25 heavy (non-hydrogen) atoms. The molecule has 0 bridgehead atoms. The van der Waals surface area contributed by atoms with Gasteiger partial charge in [-0.15, -0.1) is 5.11 Å². The summed E-state index contributed by atoms with van der Waals surface area (Å²) in [7, 11) is -4.42. The molecular formula is C16H13BrN3NaO3S. The van der Waals surface area contributed by atoms with Gasteiger partial charge < -0.3 is 5.73 Å². The zero-order valence-corrected chi connectivity index (χ0v) is 14.6. The van der Waals surface area contributed by atoms with E-state index in [9.17, 15) is 13.0 Å². The van der Waals surface area contributed by atoms with Crippen molar-refractivity contribution in [1.29, 1.82) is 0 Å². The fourth-order valence-corrected chi connectivity index (χ4v) is 3.40. The summed E-state index contributed by atoms with van der Waals surface area (Å²) in [6, 6.07) is 15.0. The van der Waals surface area contributed by atoms with Gasteiger partial charge in [0.2, 0.25) is 0 Å².